The number of hydrogen-bond donors (Lipinski definition) is 1. The number of likely N-dealkylation sites (N-methyl/N-ethyl adjacent to an activating group) is 1. The minimum atomic E-state index is 0. The van der Waals surface area contributed by atoms with Crippen molar-refractivity contribution in [1.82, 2.24) is 10.2 Å². The van der Waals surface area contributed by atoms with Crippen LogP contribution in [0.25, 0.3) is 0 Å². The molecule has 4 nitrogen and oxygen atoms in total. The van der Waals surface area contributed by atoms with Crippen LogP contribution in [0.2, 0.25) is 5.02 Å². The number of nitrogens with one attached hydrogen (secondary N) is 1. The Morgan fingerprint density at radius 1 is 0.962 bits per heavy atom. The molecule has 2 aromatic rings. The Bertz CT molecular complexity index is 637. The molecule has 2 aromatic carbocycles. The monoisotopic (exact) mass is 420 g/mol. The summed E-state index contributed by atoms with van der Waals surface area (Å²) in [4.78, 5) is 2.15. The molecule has 2 rings (SSSR count). The topological polar surface area (TPSA) is 33.7 Å². The van der Waals surface area contributed by atoms with Gasteiger partial charge in [0.2, 0.25) is 0 Å². The van der Waals surface area contributed by atoms with E-state index in [0.29, 0.717) is 6.61 Å². The first-order chi connectivity index (χ1) is 11.6. The van der Waals surface area contributed by atoms with E-state index in [1.54, 1.807) is 7.11 Å². The maximum absolute atomic E-state index is 5.89. The fourth-order valence-electron chi connectivity index (χ4n) is 2.22. The summed E-state index contributed by atoms with van der Waals surface area (Å²) in [6.07, 6.45) is 0. The molecule has 0 bridgehead atoms. The Hall–Kier alpha value is -1.17. The summed E-state index contributed by atoms with van der Waals surface area (Å²) in [6, 6.07) is 13.7. The second kappa shape index (κ2) is 13.1. The Morgan fingerprint density at radius 2 is 1.62 bits per heavy atom. The molecule has 0 saturated carbocycles. The van der Waals surface area contributed by atoms with Gasteiger partial charge < -0.3 is 19.7 Å². The van der Waals surface area contributed by atoms with E-state index in [9.17, 15) is 0 Å². The van der Waals surface area contributed by atoms with Gasteiger partial charge in [-0.1, -0.05) is 29.8 Å². The second-order valence-corrected chi connectivity index (χ2v) is 6.32. The highest BCUT2D eigenvalue weighted by Gasteiger charge is 2.06. The zero-order chi connectivity index (χ0) is 17.4. The van der Waals surface area contributed by atoms with Crippen molar-refractivity contribution in [2.24, 2.45) is 0 Å². The largest absolute Gasteiger partial charge is 0.493 e. The van der Waals surface area contributed by atoms with Crippen molar-refractivity contribution in [3.05, 3.63) is 58.6 Å². The van der Waals surface area contributed by atoms with Crippen molar-refractivity contribution < 1.29 is 9.47 Å². The highest BCUT2D eigenvalue weighted by atomic mass is 35.5. The van der Waals surface area contributed by atoms with Crippen molar-refractivity contribution in [2.75, 3.05) is 34.3 Å². The molecule has 1 N–H and O–H groups in total. The highest BCUT2D eigenvalue weighted by Crippen LogP contribution is 2.29. The third kappa shape index (κ3) is 8.47. The van der Waals surface area contributed by atoms with E-state index in [0.717, 1.165) is 41.7 Å². The van der Waals surface area contributed by atoms with Gasteiger partial charge in [-0.3, -0.25) is 0 Å². The molecule has 7 heteroatoms. The van der Waals surface area contributed by atoms with Gasteiger partial charge in [0.15, 0.2) is 11.5 Å². The van der Waals surface area contributed by atoms with Crippen LogP contribution in [0, 0.1) is 0 Å². The molecule has 0 spiro atoms. The van der Waals surface area contributed by atoms with E-state index < -0.39 is 0 Å². The van der Waals surface area contributed by atoms with E-state index in [2.05, 4.69) is 30.4 Å². The summed E-state index contributed by atoms with van der Waals surface area (Å²) >= 11 is 5.89. The molecule has 0 aliphatic heterocycles. The number of ether oxygens (including phenoxy) is 2. The lowest BCUT2D eigenvalue weighted by Gasteiger charge is -2.14. The van der Waals surface area contributed by atoms with Crippen LogP contribution in [0.5, 0.6) is 11.5 Å². The first-order valence-electron chi connectivity index (χ1n) is 7.98. The summed E-state index contributed by atoms with van der Waals surface area (Å²) in [5.41, 5.74) is 2.24. The molecule has 0 fully saturated rings. The molecule has 146 valence electrons. The van der Waals surface area contributed by atoms with Crippen LogP contribution in [0.3, 0.4) is 0 Å². The van der Waals surface area contributed by atoms with Crippen LogP contribution in [-0.2, 0) is 13.2 Å². The quantitative estimate of drug-likeness (QED) is 0.608. The fourth-order valence-corrected chi connectivity index (χ4v) is 2.34. The zero-order valence-electron chi connectivity index (χ0n) is 15.3. The number of rotatable bonds is 9. The van der Waals surface area contributed by atoms with Crippen LogP contribution in [0.1, 0.15) is 11.1 Å². The van der Waals surface area contributed by atoms with Crippen LogP contribution in [0.15, 0.2) is 42.5 Å². The number of benzene rings is 2. The first kappa shape index (κ1) is 24.8. The number of nitrogens with zero attached hydrogens (tertiary/aromatic N) is 1. The SMILES string of the molecule is COc1cc(CNCCN(C)C)ccc1OCc1ccc(Cl)cc1.Cl.Cl. The van der Waals surface area contributed by atoms with Crippen LogP contribution in [-0.4, -0.2) is 39.2 Å². The normalized spacial score (nSPS) is 10.0. The highest BCUT2D eigenvalue weighted by molar-refractivity contribution is 6.30. The van der Waals surface area contributed by atoms with Crippen LogP contribution in [0.4, 0.5) is 0 Å². The summed E-state index contributed by atoms with van der Waals surface area (Å²) in [6.45, 7) is 3.25. The molecule has 0 amide bonds. The average molecular weight is 422 g/mol. The van der Waals surface area contributed by atoms with Gasteiger partial charge in [0.25, 0.3) is 0 Å². The van der Waals surface area contributed by atoms with Gasteiger partial charge >= 0.3 is 0 Å². The Kier molecular flexibility index (Phi) is 12.5. The van der Waals surface area contributed by atoms with Gasteiger partial charge in [-0.05, 0) is 49.5 Å². The number of halogens is 3. The van der Waals surface area contributed by atoms with Gasteiger partial charge in [0.1, 0.15) is 6.61 Å². The lowest BCUT2D eigenvalue weighted by atomic mass is 10.2. The molecule has 0 aliphatic rings. The van der Waals surface area contributed by atoms with E-state index in [1.807, 2.05) is 36.4 Å². The fraction of sp³-hybridized carbons (Fsp3) is 0.368. The Morgan fingerprint density at radius 3 is 2.23 bits per heavy atom. The molecule has 26 heavy (non-hydrogen) atoms. The van der Waals surface area contributed by atoms with E-state index in [1.165, 1.54) is 5.56 Å². The van der Waals surface area contributed by atoms with Crippen LogP contribution < -0.4 is 14.8 Å². The minimum absolute atomic E-state index is 0. The predicted octanol–water partition coefficient (Wildman–Crippen LogP) is 4.42. The summed E-state index contributed by atoms with van der Waals surface area (Å²) in [5, 5.41) is 4.14. The van der Waals surface area contributed by atoms with E-state index in [-0.39, 0.29) is 24.8 Å². The molecular weight excluding hydrogens is 395 g/mol. The maximum Gasteiger partial charge on any atom is 0.161 e. The summed E-state index contributed by atoms with van der Waals surface area (Å²) < 4.78 is 11.3. The lowest BCUT2D eigenvalue weighted by molar-refractivity contribution is 0.284. The third-order valence-corrected chi connectivity index (χ3v) is 3.85. The Labute approximate surface area is 173 Å². The van der Waals surface area contributed by atoms with Crippen LogP contribution >= 0.6 is 36.4 Å². The van der Waals surface area contributed by atoms with Gasteiger partial charge in [0, 0.05) is 24.7 Å². The van der Waals surface area contributed by atoms with Gasteiger partial charge in [0.05, 0.1) is 7.11 Å². The third-order valence-electron chi connectivity index (χ3n) is 3.60. The first-order valence-corrected chi connectivity index (χ1v) is 8.36. The number of methoxy groups -OCH3 is 1. The predicted molar refractivity (Wildman–Crippen MR) is 114 cm³/mol. The van der Waals surface area contributed by atoms with Crippen molar-refractivity contribution >= 4 is 36.4 Å². The number of hydrogen-bond acceptors (Lipinski definition) is 4. The summed E-state index contributed by atoms with van der Waals surface area (Å²) in [7, 11) is 5.79. The van der Waals surface area contributed by atoms with E-state index in [4.69, 9.17) is 21.1 Å². The Balaban J connectivity index is 0.00000312. The average Bonchev–Trinajstić information content (AvgIpc) is 2.58. The van der Waals surface area contributed by atoms with Gasteiger partial charge in [-0.2, -0.15) is 0 Å². The van der Waals surface area contributed by atoms with E-state index >= 15 is 0 Å². The lowest BCUT2D eigenvalue weighted by Crippen LogP contribution is -2.26. The maximum atomic E-state index is 5.89. The van der Waals surface area contributed by atoms with Crippen molar-refractivity contribution in [2.45, 2.75) is 13.2 Å². The molecule has 0 saturated heterocycles. The molecule has 0 atom stereocenters. The molecule has 0 heterocycles. The van der Waals surface area contributed by atoms with Crippen molar-refractivity contribution in [3.8, 4) is 11.5 Å². The van der Waals surface area contributed by atoms with Crippen molar-refractivity contribution in [1.29, 1.82) is 0 Å². The molecular formula is C19H27Cl3N2O2. The van der Waals surface area contributed by atoms with Gasteiger partial charge in [-0.25, -0.2) is 0 Å². The second-order valence-electron chi connectivity index (χ2n) is 5.88. The van der Waals surface area contributed by atoms with Crippen molar-refractivity contribution in [3.63, 3.8) is 0 Å². The minimum Gasteiger partial charge on any atom is -0.493 e. The molecule has 0 unspecified atom stereocenters. The molecule has 0 aliphatic carbocycles. The smallest absolute Gasteiger partial charge is 0.161 e. The molecule has 0 aromatic heterocycles. The van der Waals surface area contributed by atoms with Gasteiger partial charge in [-0.15, -0.1) is 24.8 Å². The summed E-state index contributed by atoms with van der Waals surface area (Å²) in [5.74, 6) is 1.49. The zero-order valence-corrected chi connectivity index (χ0v) is 17.7. The standard InChI is InChI=1S/C19H25ClN2O2.2ClH/c1-22(2)11-10-21-13-16-6-9-18(19(12-16)23-3)24-14-15-4-7-17(20)8-5-15;;/h4-9,12,21H,10-11,13-14H2,1-3H3;2*1H. The molecule has 0 radical (unpaired) electrons.